The summed E-state index contributed by atoms with van der Waals surface area (Å²) in [6, 6.07) is 5.96. The molecule has 0 amide bonds. The Balaban J connectivity index is 2.16. The second-order valence-electron chi connectivity index (χ2n) is 7.23. The number of ether oxygens (including phenoxy) is 2. The Labute approximate surface area is 164 Å². The number of hydrogen-bond acceptors (Lipinski definition) is 9. The van der Waals surface area contributed by atoms with Crippen molar-refractivity contribution in [3.8, 4) is 18.2 Å². The quantitative estimate of drug-likeness (QED) is 0.661. The lowest BCUT2D eigenvalue weighted by Gasteiger charge is -2.51. The molecule has 2 aliphatic heterocycles. The van der Waals surface area contributed by atoms with Crippen LogP contribution in [0.5, 0.6) is 0 Å². The summed E-state index contributed by atoms with van der Waals surface area (Å²) in [4.78, 5) is 0. The van der Waals surface area contributed by atoms with Crippen molar-refractivity contribution in [1.29, 1.82) is 21.2 Å². The molecule has 9 nitrogen and oxygen atoms in total. The highest BCUT2D eigenvalue weighted by Gasteiger charge is 2.80. The molecule has 28 heavy (non-hydrogen) atoms. The van der Waals surface area contributed by atoms with Crippen molar-refractivity contribution in [2.75, 3.05) is 19.4 Å². The van der Waals surface area contributed by atoms with Crippen LogP contribution >= 0.6 is 7.60 Å². The molecule has 4 atom stereocenters. The number of rotatable bonds is 6. The van der Waals surface area contributed by atoms with Crippen LogP contribution in [0.3, 0.4) is 0 Å². The predicted molar refractivity (Wildman–Crippen MR) is 95.8 cm³/mol. The molecule has 1 aliphatic carbocycles. The molecule has 0 unspecified atom stereocenters. The molecule has 0 aromatic carbocycles. The topological polar surface area (TPSA) is 149 Å². The van der Waals surface area contributed by atoms with Gasteiger partial charge in [0.1, 0.15) is 6.10 Å². The molecule has 2 saturated heterocycles. The van der Waals surface area contributed by atoms with E-state index < -0.39 is 42.1 Å². The first-order valence-corrected chi connectivity index (χ1v) is 11.1. The first-order chi connectivity index (χ1) is 13.3. The van der Waals surface area contributed by atoms with E-state index >= 15 is 0 Å². The first kappa shape index (κ1) is 20.8. The van der Waals surface area contributed by atoms with Crippen LogP contribution in [0.4, 0.5) is 0 Å². The first-order valence-electron chi connectivity index (χ1n) is 9.41. The lowest BCUT2D eigenvalue weighted by molar-refractivity contribution is -0.286. The largest absolute Gasteiger partial charge is 0.447 e. The van der Waals surface area contributed by atoms with Crippen LogP contribution < -0.4 is 0 Å². The smallest absolute Gasteiger partial charge is 0.333 e. The number of nitriles is 3. The highest BCUT2D eigenvalue weighted by molar-refractivity contribution is 7.53. The zero-order valence-electron chi connectivity index (χ0n) is 15.9. The average Bonchev–Trinajstić information content (AvgIpc) is 2.88. The monoisotopic (exact) mass is 406 g/mol. The highest BCUT2D eigenvalue weighted by Crippen LogP contribution is 2.68. The zero-order valence-corrected chi connectivity index (χ0v) is 16.8. The van der Waals surface area contributed by atoms with Crippen LogP contribution in [-0.2, 0) is 23.1 Å². The van der Waals surface area contributed by atoms with Gasteiger partial charge in [0.15, 0.2) is 10.8 Å². The van der Waals surface area contributed by atoms with Gasteiger partial charge in [-0.1, -0.05) is 6.42 Å². The van der Waals surface area contributed by atoms with Crippen LogP contribution in [-0.4, -0.2) is 37.2 Å². The van der Waals surface area contributed by atoms with Gasteiger partial charge in [0.2, 0.25) is 11.7 Å². The van der Waals surface area contributed by atoms with E-state index in [0.29, 0.717) is 12.8 Å². The van der Waals surface area contributed by atoms with Crippen molar-refractivity contribution in [3.05, 3.63) is 0 Å². The van der Waals surface area contributed by atoms with Gasteiger partial charge in [0.05, 0.1) is 43.5 Å². The molecule has 0 aromatic rings. The summed E-state index contributed by atoms with van der Waals surface area (Å²) in [6.45, 7) is 3.54. The van der Waals surface area contributed by atoms with Gasteiger partial charge in [-0.2, -0.15) is 15.8 Å². The normalized spacial score (nSPS) is 35.8. The summed E-state index contributed by atoms with van der Waals surface area (Å²) < 4.78 is 35.7. The summed E-state index contributed by atoms with van der Waals surface area (Å²) in [5.74, 6) is -2.30. The minimum Gasteiger partial charge on any atom is -0.447 e. The molecule has 1 saturated carbocycles. The van der Waals surface area contributed by atoms with E-state index in [9.17, 15) is 20.4 Å². The molecule has 2 heterocycles. The Morgan fingerprint density at radius 3 is 2.36 bits per heavy atom. The number of nitrogens with zero attached hydrogens (tertiary/aromatic N) is 3. The lowest BCUT2D eigenvalue weighted by Crippen LogP contribution is -2.64. The van der Waals surface area contributed by atoms with Gasteiger partial charge in [-0.05, 0) is 26.7 Å². The fourth-order valence-electron chi connectivity index (χ4n) is 4.87. The number of hydrogen-bond donors (Lipinski definition) is 1. The number of nitrogens with one attached hydrogen (secondary N) is 1. The third-order valence-corrected chi connectivity index (χ3v) is 8.05. The van der Waals surface area contributed by atoms with E-state index in [0.717, 1.165) is 12.8 Å². The van der Waals surface area contributed by atoms with Gasteiger partial charge < -0.3 is 18.5 Å². The standard InChI is InChI=1S/C18H23N4O5P/c1-3-24-28(23,25-4-2)9-14-16(10-19,11-20)17(12-21)13-7-5-6-8-18(13,26-14)27-15(17)22/h13-14,22H,3-9H2,1-2H3/t13-,14-,17-,18+/m0/s1. The Hall–Kier alpha value is -1.95. The molecule has 3 aliphatic rings. The molecular weight excluding hydrogens is 383 g/mol. The molecule has 0 spiro atoms. The van der Waals surface area contributed by atoms with E-state index in [2.05, 4.69) is 6.07 Å². The van der Waals surface area contributed by atoms with Crippen molar-refractivity contribution in [1.82, 2.24) is 0 Å². The zero-order chi connectivity index (χ0) is 20.6. The molecule has 3 rings (SSSR count). The predicted octanol–water partition coefficient (Wildman–Crippen LogP) is 3.09. The van der Waals surface area contributed by atoms with Crippen molar-refractivity contribution in [2.45, 2.75) is 51.4 Å². The second-order valence-corrected chi connectivity index (χ2v) is 9.33. The Morgan fingerprint density at radius 1 is 1.18 bits per heavy atom. The van der Waals surface area contributed by atoms with E-state index in [4.69, 9.17) is 23.9 Å². The molecule has 10 heteroatoms. The lowest BCUT2D eigenvalue weighted by atomic mass is 9.52. The maximum absolute atomic E-state index is 13.1. The van der Waals surface area contributed by atoms with Crippen LogP contribution in [0.2, 0.25) is 0 Å². The van der Waals surface area contributed by atoms with E-state index in [1.807, 2.05) is 12.1 Å². The summed E-state index contributed by atoms with van der Waals surface area (Å²) in [5.41, 5.74) is -3.85. The van der Waals surface area contributed by atoms with Crippen LogP contribution in [0.15, 0.2) is 0 Å². The molecule has 0 radical (unpaired) electrons. The molecule has 1 N–H and O–H groups in total. The average molecular weight is 406 g/mol. The van der Waals surface area contributed by atoms with E-state index in [-0.39, 0.29) is 19.4 Å². The molecule has 2 bridgehead atoms. The van der Waals surface area contributed by atoms with Gasteiger partial charge in [0.25, 0.3) is 0 Å². The third kappa shape index (κ3) is 2.53. The van der Waals surface area contributed by atoms with Gasteiger partial charge in [-0.15, -0.1) is 0 Å². The van der Waals surface area contributed by atoms with Crippen molar-refractivity contribution >= 4 is 13.5 Å². The third-order valence-electron chi connectivity index (χ3n) is 5.97. The Bertz CT molecular complexity index is 818. The van der Waals surface area contributed by atoms with Gasteiger partial charge >= 0.3 is 7.60 Å². The Morgan fingerprint density at radius 2 is 1.82 bits per heavy atom. The van der Waals surface area contributed by atoms with Gasteiger partial charge in [-0.3, -0.25) is 9.97 Å². The fourth-order valence-corrected chi connectivity index (χ4v) is 6.70. The van der Waals surface area contributed by atoms with E-state index in [1.165, 1.54) is 0 Å². The Kier molecular flexibility index (Phi) is 5.30. The van der Waals surface area contributed by atoms with Gasteiger partial charge in [-0.25, -0.2) is 0 Å². The van der Waals surface area contributed by atoms with Crippen molar-refractivity contribution in [2.24, 2.45) is 16.7 Å². The van der Waals surface area contributed by atoms with Crippen LogP contribution in [0.1, 0.15) is 39.5 Å². The molecular formula is C18H23N4O5P. The maximum Gasteiger partial charge on any atom is 0.333 e. The maximum atomic E-state index is 13.1. The summed E-state index contributed by atoms with van der Waals surface area (Å²) >= 11 is 0. The summed E-state index contributed by atoms with van der Waals surface area (Å²) in [5, 5.41) is 38.7. The minimum absolute atomic E-state index is 0.111. The minimum atomic E-state index is -3.69. The molecule has 150 valence electrons. The van der Waals surface area contributed by atoms with Crippen LogP contribution in [0.25, 0.3) is 0 Å². The van der Waals surface area contributed by atoms with E-state index in [1.54, 1.807) is 13.8 Å². The molecule has 3 fully saturated rings. The van der Waals surface area contributed by atoms with Crippen molar-refractivity contribution < 1.29 is 23.1 Å². The van der Waals surface area contributed by atoms with Crippen molar-refractivity contribution in [3.63, 3.8) is 0 Å². The highest BCUT2D eigenvalue weighted by atomic mass is 31.2. The fraction of sp³-hybridized carbons (Fsp3) is 0.778. The summed E-state index contributed by atoms with van der Waals surface area (Å²) in [7, 11) is -3.69. The second kappa shape index (κ2) is 7.14. The molecule has 0 aromatic heterocycles. The van der Waals surface area contributed by atoms with Crippen LogP contribution in [0, 0.1) is 56.2 Å². The van der Waals surface area contributed by atoms with Gasteiger partial charge in [0, 0.05) is 6.42 Å². The SMILES string of the molecule is CCOP(=O)(C[C@@H]1O[C@@]23CCCC[C@H]2[C@@](C#N)(C(=N)O3)C1(C#N)C#N)OCC. The summed E-state index contributed by atoms with van der Waals surface area (Å²) in [6.07, 6.45) is 0.846.